The van der Waals surface area contributed by atoms with Crippen LogP contribution in [0.1, 0.15) is 40.4 Å². The summed E-state index contributed by atoms with van der Waals surface area (Å²) < 4.78 is 4.38. The Morgan fingerprint density at radius 3 is 2.42 bits per heavy atom. The van der Waals surface area contributed by atoms with Crippen LogP contribution in [-0.2, 0) is 6.54 Å². The average molecular weight is 414 g/mol. The Morgan fingerprint density at radius 2 is 1.74 bits per heavy atom. The highest BCUT2D eigenvalue weighted by Crippen LogP contribution is 2.32. The standard InChI is InChI=1S/C24H22N4O3/c1-15-7-9-17(10-8-15)20(29)13-26-14-25-22-21(26)23(30)27(18-11-12-18)24(31)28(22)19-6-4-3-5-16(19)2/h3-10,14,18H,11-13H2,1-2H3. The number of para-hydroxylation sites is 1. The fraction of sp³-hybridized carbons (Fsp3) is 0.250. The van der Waals surface area contributed by atoms with Gasteiger partial charge < -0.3 is 4.57 Å². The number of hydrogen-bond donors (Lipinski definition) is 0. The van der Waals surface area contributed by atoms with Gasteiger partial charge in [0, 0.05) is 11.6 Å². The van der Waals surface area contributed by atoms with Crippen molar-refractivity contribution >= 4 is 16.9 Å². The first-order valence-corrected chi connectivity index (χ1v) is 10.3. The number of benzene rings is 2. The molecule has 0 unspecified atom stereocenters. The van der Waals surface area contributed by atoms with Crippen LogP contribution in [0.4, 0.5) is 0 Å². The maximum absolute atomic E-state index is 13.3. The molecule has 0 amide bonds. The van der Waals surface area contributed by atoms with Gasteiger partial charge in [-0.1, -0.05) is 48.0 Å². The van der Waals surface area contributed by atoms with Crippen molar-refractivity contribution < 1.29 is 4.79 Å². The highest BCUT2D eigenvalue weighted by atomic mass is 16.2. The van der Waals surface area contributed by atoms with Crippen LogP contribution >= 0.6 is 0 Å². The molecule has 1 fully saturated rings. The smallest absolute Gasteiger partial charge is 0.317 e. The van der Waals surface area contributed by atoms with Gasteiger partial charge in [0.25, 0.3) is 5.56 Å². The fourth-order valence-corrected chi connectivity index (χ4v) is 3.94. The first-order valence-electron chi connectivity index (χ1n) is 10.3. The molecule has 1 aliphatic carbocycles. The third kappa shape index (κ3) is 3.22. The monoisotopic (exact) mass is 414 g/mol. The van der Waals surface area contributed by atoms with E-state index in [0.29, 0.717) is 11.3 Å². The molecule has 4 aromatic rings. The summed E-state index contributed by atoms with van der Waals surface area (Å²) in [5.74, 6) is -0.120. The molecule has 7 nitrogen and oxygen atoms in total. The molecule has 0 atom stereocenters. The van der Waals surface area contributed by atoms with E-state index in [4.69, 9.17) is 0 Å². The fourth-order valence-electron chi connectivity index (χ4n) is 3.94. The molecule has 156 valence electrons. The number of aryl methyl sites for hydroxylation is 2. The zero-order valence-corrected chi connectivity index (χ0v) is 17.4. The lowest BCUT2D eigenvalue weighted by molar-refractivity contribution is 0.0973. The van der Waals surface area contributed by atoms with Crippen LogP contribution < -0.4 is 11.2 Å². The molecular weight excluding hydrogens is 392 g/mol. The molecule has 2 aromatic heterocycles. The van der Waals surface area contributed by atoms with Crippen LogP contribution in [0, 0.1) is 13.8 Å². The van der Waals surface area contributed by atoms with E-state index in [9.17, 15) is 14.4 Å². The lowest BCUT2D eigenvalue weighted by atomic mass is 10.1. The molecule has 0 N–H and O–H groups in total. The molecule has 0 radical (unpaired) electrons. The molecule has 31 heavy (non-hydrogen) atoms. The van der Waals surface area contributed by atoms with E-state index in [1.54, 1.807) is 16.7 Å². The van der Waals surface area contributed by atoms with E-state index in [-0.39, 0.29) is 40.8 Å². The van der Waals surface area contributed by atoms with E-state index in [0.717, 1.165) is 24.0 Å². The van der Waals surface area contributed by atoms with Gasteiger partial charge in [0.15, 0.2) is 16.9 Å². The van der Waals surface area contributed by atoms with Crippen LogP contribution in [-0.4, -0.2) is 24.5 Å². The largest absolute Gasteiger partial charge is 0.337 e. The Hall–Kier alpha value is -3.74. The summed E-state index contributed by atoms with van der Waals surface area (Å²) in [5, 5.41) is 0. The van der Waals surface area contributed by atoms with Crippen molar-refractivity contribution in [2.45, 2.75) is 39.3 Å². The minimum Gasteiger partial charge on any atom is -0.317 e. The van der Waals surface area contributed by atoms with Crippen molar-refractivity contribution in [3.8, 4) is 5.69 Å². The third-order valence-electron chi connectivity index (χ3n) is 5.80. The minimum atomic E-state index is -0.387. The van der Waals surface area contributed by atoms with Crippen molar-refractivity contribution in [1.29, 1.82) is 0 Å². The topological polar surface area (TPSA) is 78.9 Å². The maximum atomic E-state index is 13.3. The summed E-state index contributed by atoms with van der Waals surface area (Å²) in [4.78, 5) is 43.9. The Morgan fingerprint density at radius 1 is 1.03 bits per heavy atom. The second kappa shape index (κ2) is 7.19. The molecular formula is C24H22N4O3. The molecule has 1 saturated carbocycles. The number of carbonyl (C=O) groups excluding carboxylic acids is 1. The predicted molar refractivity (Wildman–Crippen MR) is 118 cm³/mol. The number of carbonyl (C=O) groups is 1. The van der Waals surface area contributed by atoms with Crippen molar-refractivity contribution in [2.75, 3.05) is 0 Å². The van der Waals surface area contributed by atoms with Gasteiger partial charge >= 0.3 is 5.69 Å². The lowest BCUT2D eigenvalue weighted by Crippen LogP contribution is -2.40. The Balaban J connectivity index is 1.71. The number of Topliss-reactive ketones (excluding diaryl/α,β-unsaturated/α-hetero) is 1. The number of rotatable bonds is 5. The third-order valence-corrected chi connectivity index (χ3v) is 5.80. The number of nitrogens with zero attached hydrogens (tertiary/aromatic N) is 4. The van der Waals surface area contributed by atoms with Gasteiger partial charge in [-0.15, -0.1) is 0 Å². The number of imidazole rings is 1. The van der Waals surface area contributed by atoms with E-state index in [1.165, 1.54) is 15.5 Å². The van der Waals surface area contributed by atoms with Gasteiger partial charge in [-0.3, -0.25) is 14.2 Å². The van der Waals surface area contributed by atoms with Crippen LogP contribution in [0.3, 0.4) is 0 Å². The van der Waals surface area contributed by atoms with Crippen molar-refractivity contribution in [2.24, 2.45) is 0 Å². The predicted octanol–water partition coefficient (Wildman–Crippen LogP) is 3.18. The van der Waals surface area contributed by atoms with Crippen LogP contribution in [0.25, 0.3) is 16.9 Å². The summed E-state index contributed by atoms with van der Waals surface area (Å²) in [6.45, 7) is 3.85. The summed E-state index contributed by atoms with van der Waals surface area (Å²) in [6, 6.07) is 14.7. The van der Waals surface area contributed by atoms with Crippen LogP contribution in [0.5, 0.6) is 0 Å². The quantitative estimate of drug-likeness (QED) is 0.470. The molecule has 0 saturated heterocycles. The molecule has 0 spiro atoms. The Labute approximate surface area is 178 Å². The number of hydrogen-bond acceptors (Lipinski definition) is 4. The van der Waals surface area contributed by atoms with Gasteiger partial charge in [-0.2, -0.15) is 0 Å². The van der Waals surface area contributed by atoms with Crippen molar-refractivity contribution in [3.63, 3.8) is 0 Å². The second-order valence-corrected chi connectivity index (χ2v) is 8.14. The number of ketones is 1. The molecule has 2 heterocycles. The lowest BCUT2D eigenvalue weighted by Gasteiger charge is -2.13. The normalized spacial score (nSPS) is 13.6. The SMILES string of the molecule is Cc1ccc(C(=O)Cn2cnc3c2c(=O)n(C2CC2)c(=O)n3-c2ccccc2C)cc1. The molecule has 5 rings (SSSR count). The van der Waals surface area contributed by atoms with E-state index >= 15 is 0 Å². The minimum absolute atomic E-state index is 0.0224. The second-order valence-electron chi connectivity index (χ2n) is 8.14. The summed E-state index contributed by atoms with van der Waals surface area (Å²) >= 11 is 0. The van der Waals surface area contributed by atoms with E-state index in [1.807, 2.05) is 50.2 Å². The molecule has 2 aromatic carbocycles. The van der Waals surface area contributed by atoms with E-state index < -0.39 is 0 Å². The van der Waals surface area contributed by atoms with Gasteiger partial charge in [0.05, 0.1) is 18.6 Å². The van der Waals surface area contributed by atoms with Gasteiger partial charge in [0.2, 0.25) is 0 Å². The molecule has 0 bridgehead atoms. The van der Waals surface area contributed by atoms with Gasteiger partial charge in [0.1, 0.15) is 0 Å². The van der Waals surface area contributed by atoms with Crippen LogP contribution in [0.2, 0.25) is 0 Å². The van der Waals surface area contributed by atoms with E-state index in [2.05, 4.69) is 4.98 Å². The first kappa shape index (κ1) is 19.2. The highest BCUT2D eigenvalue weighted by Gasteiger charge is 2.31. The Kier molecular flexibility index (Phi) is 4.46. The van der Waals surface area contributed by atoms with Crippen molar-refractivity contribution in [3.05, 3.63) is 92.4 Å². The summed E-state index contributed by atoms with van der Waals surface area (Å²) in [6.07, 6.45) is 3.07. The zero-order valence-electron chi connectivity index (χ0n) is 17.4. The zero-order chi connectivity index (χ0) is 21.7. The Bertz CT molecular complexity index is 1440. The summed E-state index contributed by atoms with van der Waals surface area (Å²) in [5.41, 5.74) is 3.00. The van der Waals surface area contributed by atoms with Gasteiger partial charge in [-0.05, 0) is 38.3 Å². The average Bonchev–Trinajstić information content (AvgIpc) is 3.50. The van der Waals surface area contributed by atoms with Gasteiger partial charge in [-0.25, -0.2) is 14.3 Å². The number of fused-ring (bicyclic) bond motifs is 1. The summed E-state index contributed by atoms with van der Waals surface area (Å²) in [7, 11) is 0. The highest BCUT2D eigenvalue weighted by molar-refractivity contribution is 5.96. The molecule has 7 heteroatoms. The van der Waals surface area contributed by atoms with Crippen molar-refractivity contribution in [1.82, 2.24) is 18.7 Å². The molecule has 0 aliphatic heterocycles. The maximum Gasteiger partial charge on any atom is 0.337 e. The molecule has 1 aliphatic rings. The van der Waals surface area contributed by atoms with Crippen LogP contribution in [0.15, 0.2) is 64.4 Å². The first-order chi connectivity index (χ1) is 15.0. The number of aromatic nitrogens is 4.